The molecule has 0 spiro atoms. The van der Waals surface area contributed by atoms with Crippen LogP contribution in [0.1, 0.15) is 94.4 Å². The third-order valence-electron chi connectivity index (χ3n) is 6.40. The fraction of sp³-hybridized carbons (Fsp3) is 0.583. The standard InChI is InChI=1S/C20H29N7O4.C6H9F.C6H10.2C2H6/c1-13(2)30-20(28)26-7-4-16(5-8-26)29-12-17-24-18(25-31-17)14-9-22-19(23-10-14)27-6-3-15(21)11-27;1-3-5-6(7)4-2;1-4-5-6(2)3;2*1-2/h9-10,13,15-16H,3-8,11-12,21H2,1-2H3;3-5H,1-2H3;4-5H,1H2,2-3H3;2*1-2H3/b;5-3-,6-4+;;;. The third kappa shape index (κ3) is 17.9. The predicted octanol–water partition coefficient (Wildman–Crippen LogP) is 8.22. The topological polar surface area (TPSA) is 133 Å². The molecular weight excluding hydrogens is 613 g/mol. The Hall–Kier alpha value is -3.90. The molecule has 1 unspecified atom stereocenters. The first-order chi connectivity index (χ1) is 23.1. The van der Waals surface area contributed by atoms with Crippen LogP contribution in [0, 0.1) is 0 Å². The van der Waals surface area contributed by atoms with Gasteiger partial charge in [-0.1, -0.05) is 69.3 Å². The lowest BCUT2D eigenvalue weighted by Gasteiger charge is -2.31. The van der Waals surface area contributed by atoms with Crippen LogP contribution in [0.25, 0.3) is 11.4 Å². The Bertz CT molecular complexity index is 1230. The highest BCUT2D eigenvalue weighted by Gasteiger charge is 2.25. The van der Waals surface area contributed by atoms with Crippen LogP contribution in [-0.2, 0) is 16.1 Å². The van der Waals surface area contributed by atoms with E-state index in [2.05, 4.69) is 31.6 Å². The second-order valence-electron chi connectivity index (χ2n) is 10.9. The van der Waals surface area contributed by atoms with Crippen molar-refractivity contribution >= 4 is 12.0 Å². The van der Waals surface area contributed by atoms with Gasteiger partial charge in [-0.25, -0.2) is 19.2 Å². The number of amides is 1. The maximum Gasteiger partial charge on any atom is 0.410 e. The molecule has 2 aromatic heterocycles. The molecule has 0 radical (unpaired) electrons. The maximum absolute atomic E-state index is 12.0. The highest BCUT2D eigenvalue weighted by atomic mass is 19.1. The highest BCUT2D eigenvalue weighted by molar-refractivity contribution is 5.67. The first-order valence-electron chi connectivity index (χ1n) is 17.0. The lowest BCUT2D eigenvalue weighted by Crippen LogP contribution is -2.41. The van der Waals surface area contributed by atoms with E-state index < -0.39 is 0 Å². The van der Waals surface area contributed by atoms with Gasteiger partial charge in [-0.15, -0.1) is 0 Å². The quantitative estimate of drug-likeness (QED) is 0.273. The number of carbonyl (C=O) groups is 1. The van der Waals surface area contributed by atoms with Crippen LogP contribution in [0.5, 0.6) is 0 Å². The average molecular weight is 674 g/mol. The number of nitrogens with zero attached hydrogens (tertiary/aromatic N) is 6. The summed E-state index contributed by atoms with van der Waals surface area (Å²) in [5.74, 6) is 1.30. The molecule has 12 heteroatoms. The molecule has 0 aliphatic carbocycles. The minimum Gasteiger partial charge on any atom is -0.447 e. The fourth-order valence-corrected chi connectivity index (χ4v) is 4.16. The van der Waals surface area contributed by atoms with E-state index in [1.165, 1.54) is 17.7 Å². The van der Waals surface area contributed by atoms with Crippen molar-refractivity contribution in [3.63, 3.8) is 0 Å². The lowest BCUT2D eigenvalue weighted by molar-refractivity contribution is -0.0147. The van der Waals surface area contributed by atoms with E-state index >= 15 is 0 Å². The molecule has 2 aliphatic heterocycles. The smallest absolute Gasteiger partial charge is 0.410 e. The molecule has 0 bridgehead atoms. The Kier molecular flexibility index (Phi) is 24.0. The summed E-state index contributed by atoms with van der Waals surface area (Å²) in [6.07, 6.45) is 13.7. The summed E-state index contributed by atoms with van der Waals surface area (Å²) in [5, 5.41) is 4.00. The summed E-state index contributed by atoms with van der Waals surface area (Å²) < 4.78 is 28.3. The molecule has 2 saturated heterocycles. The molecule has 11 nitrogen and oxygen atoms in total. The van der Waals surface area contributed by atoms with Gasteiger partial charge in [0.1, 0.15) is 12.4 Å². The number of piperidine rings is 1. The molecular formula is C36H60FN7O4. The Morgan fingerprint density at radius 1 is 1.10 bits per heavy atom. The van der Waals surface area contributed by atoms with Gasteiger partial charge in [0.05, 0.1) is 17.8 Å². The normalized spacial score (nSPS) is 15.9. The summed E-state index contributed by atoms with van der Waals surface area (Å²) in [4.78, 5) is 28.9. The second-order valence-corrected chi connectivity index (χ2v) is 10.9. The Morgan fingerprint density at radius 2 is 1.73 bits per heavy atom. The number of rotatable bonds is 8. The van der Waals surface area contributed by atoms with Crippen molar-refractivity contribution in [2.45, 2.75) is 113 Å². The van der Waals surface area contributed by atoms with E-state index in [0.29, 0.717) is 36.3 Å². The Labute approximate surface area is 288 Å². The zero-order valence-corrected chi connectivity index (χ0v) is 30.9. The largest absolute Gasteiger partial charge is 0.447 e. The number of hydrogen-bond acceptors (Lipinski definition) is 10. The minimum atomic E-state index is -0.268. The van der Waals surface area contributed by atoms with Crippen LogP contribution < -0.4 is 10.6 Å². The van der Waals surface area contributed by atoms with E-state index in [-0.39, 0.29) is 36.8 Å². The number of nitrogens with two attached hydrogens (primary N) is 1. The molecule has 1 atom stereocenters. The van der Waals surface area contributed by atoms with Gasteiger partial charge in [0, 0.05) is 44.6 Å². The van der Waals surface area contributed by atoms with Crippen molar-refractivity contribution in [3.8, 4) is 11.4 Å². The van der Waals surface area contributed by atoms with Crippen molar-refractivity contribution in [3.05, 3.63) is 66.6 Å². The van der Waals surface area contributed by atoms with Crippen LogP contribution in [0.3, 0.4) is 0 Å². The molecule has 4 rings (SSSR count). The summed E-state index contributed by atoms with van der Waals surface area (Å²) in [6, 6.07) is 0.170. The molecule has 0 saturated carbocycles. The van der Waals surface area contributed by atoms with Crippen LogP contribution in [-0.4, -0.2) is 75.5 Å². The monoisotopic (exact) mass is 673 g/mol. The van der Waals surface area contributed by atoms with E-state index in [4.69, 9.17) is 19.7 Å². The van der Waals surface area contributed by atoms with Crippen molar-refractivity contribution in [1.29, 1.82) is 0 Å². The SMILES string of the molecule is C/C=C\C(F)=C/C.C=CC=C(C)C.CC.CC.CC(C)OC(=O)N1CCC(OCc2nc(-c3cnc(N4CCC(N)C4)nc3)no2)CC1. The van der Waals surface area contributed by atoms with Crippen LogP contribution >= 0.6 is 0 Å². The number of hydrogen-bond donors (Lipinski definition) is 1. The van der Waals surface area contributed by atoms with Gasteiger partial charge in [0.2, 0.25) is 11.8 Å². The average Bonchev–Trinajstić information content (AvgIpc) is 3.75. The predicted molar refractivity (Wildman–Crippen MR) is 193 cm³/mol. The Balaban J connectivity index is 0.00000109. The number of anilines is 1. The fourth-order valence-electron chi connectivity index (χ4n) is 4.16. The van der Waals surface area contributed by atoms with Crippen molar-refractivity contribution in [1.82, 2.24) is 25.0 Å². The summed E-state index contributed by atoms with van der Waals surface area (Å²) in [5.41, 5.74) is 7.92. The van der Waals surface area contributed by atoms with Gasteiger partial charge >= 0.3 is 6.09 Å². The maximum atomic E-state index is 12.0. The first kappa shape index (κ1) is 44.1. The number of halogens is 1. The molecule has 270 valence electrons. The number of aromatic nitrogens is 4. The molecule has 48 heavy (non-hydrogen) atoms. The summed E-state index contributed by atoms with van der Waals surface area (Å²) in [7, 11) is 0. The molecule has 4 heterocycles. The van der Waals surface area contributed by atoms with E-state index in [0.717, 1.165) is 32.4 Å². The van der Waals surface area contributed by atoms with Crippen molar-refractivity contribution in [2.24, 2.45) is 5.73 Å². The van der Waals surface area contributed by atoms with Crippen LogP contribution in [0.4, 0.5) is 15.1 Å². The number of likely N-dealkylation sites (tertiary alicyclic amines) is 1. The number of ether oxygens (including phenoxy) is 2. The number of allylic oxidation sites excluding steroid dienone is 7. The molecule has 1 amide bonds. The zero-order chi connectivity index (χ0) is 36.5. The van der Waals surface area contributed by atoms with Crippen LogP contribution in [0.2, 0.25) is 0 Å². The molecule has 2 aliphatic rings. The van der Waals surface area contributed by atoms with E-state index in [9.17, 15) is 9.18 Å². The van der Waals surface area contributed by atoms with E-state index in [1.807, 2.05) is 61.5 Å². The van der Waals surface area contributed by atoms with Crippen molar-refractivity contribution < 1.29 is 23.2 Å². The third-order valence-corrected chi connectivity index (χ3v) is 6.40. The minimum absolute atomic E-state index is 0.0351. The summed E-state index contributed by atoms with van der Waals surface area (Å²) in [6.45, 7) is 25.8. The van der Waals surface area contributed by atoms with Crippen molar-refractivity contribution in [2.75, 3.05) is 31.1 Å². The first-order valence-corrected chi connectivity index (χ1v) is 17.0. The molecule has 2 N–H and O–H groups in total. The van der Waals surface area contributed by atoms with Gasteiger partial charge in [-0.3, -0.25) is 0 Å². The van der Waals surface area contributed by atoms with Gasteiger partial charge in [0.25, 0.3) is 5.89 Å². The van der Waals surface area contributed by atoms with Gasteiger partial charge < -0.3 is 29.5 Å². The molecule has 0 aromatic carbocycles. The number of carbonyl (C=O) groups excluding carboxylic acids is 1. The highest BCUT2D eigenvalue weighted by Crippen LogP contribution is 2.20. The zero-order valence-electron chi connectivity index (χ0n) is 30.9. The second kappa shape index (κ2) is 26.1. The summed E-state index contributed by atoms with van der Waals surface area (Å²) >= 11 is 0. The molecule has 2 fully saturated rings. The van der Waals surface area contributed by atoms with Gasteiger partial charge in [-0.05, 0) is 66.9 Å². The van der Waals surface area contributed by atoms with Gasteiger partial charge in [0.15, 0.2) is 0 Å². The van der Waals surface area contributed by atoms with E-state index in [1.54, 1.807) is 43.3 Å². The van der Waals surface area contributed by atoms with Gasteiger partial charge in [-0.2, -0.15) is 4.98 Å². The van der Waals surface area contributed by atoms with Crippen LogP contribution in [0.15, 0.2) is 65.3 Å². The lowest BCUT2D eigenvalue weighted by atomic mass is 10.1. The Morgan fingerprint density at radius 3 is 2.17 bits per heavy atom. The molecule has 2 aromatic rings.